The minimum absolute atomic E-state index is 0.249. The molecular formula is C18H23F3N2O4. The molecule has 0 aliphatic carbocycles. The number of unbranched alkanes of at least 4 members (excludes halogenated alkanes) is 1. The van der Waals surface area contributed by atoms with Gasteiger partial charge in [0.25, 0.3) is 5.91 Å². The van der Waals surface area contributed by atoms with Crippen molar-refractivity contribution in [1.29, 1.82) is 0 Å². The van der Waals surface area contributed by atoms with E-state index >= 15 is 0 Å². The maximum absolute atomic E-state index is 13.6. The van der Waals surface area contributed by atoms with Crippen LogP contribution in [0.2, 0.25) is 0 Å². The van der Waals surface area contributed by atoms with E-state index in [9.17, 15) is 22.8 Å². The van der Waals surface area contributed by atoms with Gasteiger partial charge in [0.2, 0.25) is 23.2 Å². The Hall–Kier alpha value is -2.31. The summed E-state index contributed by atoms with van der Waals surface area (Å²) < 4.78 is 50.0. The smallest absolute Gasteiger partial charge is 0.252 e. The van der Waals surface area contributed by atoms with Crippen LogP contribution in [-0.2, 0) is 14.3 Å². The van der Waals surface area contributed by atoms with Crippen LogP contribution >= 0.6 is 0 Å². The number of halogens is 3. The normalized spacial score (nSPS) is 12.3. The highest BCUT2D eigenvalue weighted by molar-refractivity contribution is 5.92. The van der Waals surface area contributed by atoms with Crippen LogP contribution < -0.4 is 15.8 Å². The monoisotopic (exact) mass is 388 g/mol. The van der Waals surface area contributed by atoms with Gasteiger partial charge in [-0.1, -0.05) is 0 Å². The van der Waals surface area contributed by atoms with Crippen molar-refractivity contribution in [2.75, 3.05) is 20.3 Å². The summed E-state index contributed by atoms with van der Waals surface area (Å²) in [5.74, 6) is -6.65. The molecule has 0 spiro atoms. The van der Waals surface area contributed by atoms with Crippen molar-refractivity contribution in [3.05, 3.63) is 29.6 Å². The third kappa shape index (κ3) is 6.41. The van der Waals surface area contributed by atoms with Crippen molar-refractivity contribution < 1.29 is 32.2 Å². The van der Waals surface area contributed by atoms with E-state index in [1.165, 1.54) is 21.0 Å². The minimum Gasteiger partial charge on any atom is -0.479 e. The third-order valence-electron chi connectivity index (χ3n) is 3.93. The van der Waals surface area contributed by atoms with Gasteiger partial charge >= 0.3 is 0 Å². The molecule has 1 aromatic rings. The quantitative estimate of drug-likeness (QED) is 0.563. The zero-order chi connectivity index (χ0) is 20.6. The molecule has 1 rings (SSSR count). The molecule has 1 unspecified atom stereocenters. The number of ketones is 1. The summed E-state index contributed by atoms with van der Waals surface area (Å²) >= 11 is 0. The first kappa shape index (κ1) is 22.7. The molecule has 150 valence electrons. The molecule has 0 aliphatic rings. The molecule has 0 aliphatic heterocycles. The predicted molar refractivity (Wildman–Crippen MR) is 90.4 cm³/mol. The van der Waals surface area contributed by atoms with Crippen LogP contribution in [0.15, 0.2) is 0 Å². The molecule has 0 aromatic heterocycles. The molecule has 1 aromatic carbocycles. The molecule has 27 heavy (non-hydrogen) atoms. The summed E-state index contributed by atoms with van der Waals surface area (Å²) in [5.41, 5.74) is 4.24. The molecule has 1 amide bonds. The Morgan fingerprint density at radius 2 is 1.81 bits per heavy atom. The van der Waals surface area contributed by atoms with Crippen molar-refractivity contribution >= 4 is 11.7 Å². The Kier molecular flexibility index (Phi) is 8.53. The first-order valence-electron chi connectivity index (χ1n) is 8.33. The largest absolute Gasteiger partial charge is 0.479 e. The van der Waals surface area contributed by atoms with Crippen molar-refractivity contribution in [2.24, 2.45) is 5.73 Å². The first-order chi connectivity index (χ1) is 12.6. The maximum atomic E-state index is 13.6. The van der Waals surface area contributed by atoms with Gasteiger partial charge in [0, 0.05) is 7.11 Å². The number of hydrogen-bond acceptors (Lipinski definition) is 5. The van der Waals surface area contributed by atoms with Crippen molar-refractivity contribution in [2.45, 2.75) is 44.8 Å². The summed E-state index contributed by atoms with van der Waals surface area (Å²) in [5, 5.41) is 2.53. The lowest BCUT2D eigenvalue weighted by molar-refractivity contribution is -0.142. The zero-order valence-corrected chi connectivity index (χ0v) is 15.5. The fourth-order valence-electron chi connectivity index (χ4n) is 2.02. The van der Waals surface area contributed by atoms with E-state index in [2.05, 4.69) is 5.32 Å². The SMILES string of the molecule is COC(C)(C)C(=O)NC(CCCCN)C(=O)COc1c(F)c#cc(F)c1F. The number of methoxy groups -OCH3 is 1. The number of rotatable bonds is 11. The number of carbonyl (C=O) groups excluding carboxylic acids is 2. The molecule has 0 radical (unpaired) electrons. The molecule has 0 saturated heterocycles. The summed E-state index contributed by atoms with van der Waals surface area (Å²) in [7, 11) is 1.34. The average Bonchev–Trinajstić information content (AvgIpc) is 2.63. The lowest BCUT2D eigenvalue weighted by Gasteiger charge is -2.25. The Labute approximate surface area is 156 Å². The van der Waals surface area contributed by atoms with Gasteiger partial charge in [-0.15, -0.1) is 0 Å². The van der Waals surface area contributed by atoms with E-state index in [4.69, 9.17) is 15.2 Å². The number of carbonyl (C=O) groups is 2. The van der Waals surface area contributed by atoms with E-state index in [1.54, 1.807) is 12.1 Å². The van der Waals surface area contributed by atoms with Gasteiger partial charge in [-0.05, 0) is 51.8 Å². The van der Waals surface area contributed by atoms with Crippen molar-refractivity contribution in [1.82, 2.24) is 5.32 Å². The van der Waals surface area contributed by atoms with Gasteiger partial charge in [-0.25, -0.2) is 0 Å². The Bertz CT molecular complexity index is 668. The minimum atomic E-state index is -1.61. The first-order valence-corrected chi connectivity index (χ1v) is 8.33. The third-order valence-corrected chi connectivity index (χ3v) is 3.93. The molecule has 0 saturated carbocycles. The second-order valence-electron chi connectivity index (χ2n) is 6.30. The van der Waals surface area contributed by atoms with E-state index in [-0.39, 0.29) is 6.42 Å². The lowest BCUT2D eigenvalue weighted by atomic mass is 10.0. The number of nitrogens with two attached hydrogens (primary N) is 1. The van der Waals surface area contributed by atoms with E-state index in [0.29, 0.717) is 19.4 Å². The Balaban J connectivity index is 2.84. The molecule has 0 heterocycles. The van der Waals surface area contributed by atoms with Crippen molar-refractivity contribution in [3.63, 3.8) is 0 Å². The second-order valence-corrected chi connectivity index (χ2v) is 6.30. The van der Waals surface area contributed by atoms with Crippen LogP contribution in [0.25, 0.3) is 0 Å². The summed E-state index contributed by atoms with van der Waals surface area (Å²) in [4.78, 5) is 24.6. The van der Waals surface area contributed by atoms with Gasteiger partial charge in [-0.2, -0.15) is 13.2 Å². The molecule has 1 atom stereocenters. The summed E-state index contributed by atoms with van der Waals surface area (Å²) in [6.45, 7) is 2.67. The highest BCUT2D eigenvalue weighted by Gasteiger charge is 2.31. The van der Waals surface area contributed by atoms with Gasteiger partial charge in [0.1, 0.15) is 12.2 Å². The molecule has 0 bridgehead atoms. The van der Waals surface area contributed by atoms with E-state index in [0.717, 1.165) is 0 Å². The zero-order valence-electron chi connectivity index (χ0n) is 15.5. The summed E-state index contributed by atoms with van der Waals surface area (Å²) in [6.07, 6.45) is 1.40. The van der Waals surface area contributed by atoms with E-state index < -0.39 is 53.1 Å². The van der Waals surface area contributed by atoms with Crippen LogP contribution in [0.1, 0.15) is 33.1 Å². The Morgan fingerprint density at radius 3 is 2.41 bits per heavy atom. The van der Waals surface area contributed by atoms with Crippen LogP contribution in [0.5, 0.6) is 5.75 Å². The number of amides is 1. The van der Waals surface area contributed by atoms with Crippen LogP contribution in [0.4, 0.5) is 13.2 Å². The number of nitrogens with one attached hydrogen (secondary N) is 1. The van der Waals surface area contributed by atoms with Gasteiger partial charge in [-0.3, -0.25) is 9.59 Å². The van der Waals surface area contributed by atoms with Gasteiger partial charge in [0.05, 0.1) is 6.04 Å². The second kappa shape index (κ2) is 10.1. The van der Waals surface area contributed by atoms with Gasteiger partial charge < -0.3 is 20.5 Å². The molecule has 9 heteroatoms. The molecule has 6 nitrogen and oxygen atoms in total. The molecule has 3 N–H and O–H groups in total. The predicted octanol–water partition coefficient (Wildman–Crippen LogP) is 1.69. The van der Waals surface area contributed by atoms with Crippen molar-refractivity contribution in [3.8, 4) is 5.75 Å². The van der Waals surface area contributed by atoms with Crippen LogP contribution in [0.3, 0.4) is 0 Å². The van der Waals surface area contributed by atoms with E-state index in [1.807, 2.05) is 0 Å². The maximum Gasteiger partial charge on any atom is 0.252 e. The highest BCUT2D eigenvalue weighted by Crippen LogP contribution is 2.21. The number of ether oxygens (including phenoxy) is 2. The number of hydrogen-bond donors (Lipinski definition) is 2. The number of Topliss-reactive ketones (excluding diaryl/α,β-unsaturated/α-hetero) is 1. The highest BCUT2D eigenvalue weighted by atomic mass is 19.2. The lowest BCUT2D eigenvalue weighted by Crippen LogP contribution is -2.51. The Morgan fingerprint density at radius 1 is 1.19 bits per heavy atom. The van der Waals surface area contributed by atoms with Crippen LogP contribution in [0, 0.1) is 29.6 Å². The van der Waals surface area contributed by atoms with Crippen LogP contribution in [-0.4, -0.2) is 43.6 Å². The fourth-order valence-corrected chi connectivity index (χ4v) is 2.02. The molecule has 0 fully saturated rings. The fraction of sp³-hybridized carbons (Fsp3) is 0.556. The standard InChI is InChI=1S/C18H23F3N2O4/c1-18(2,26-3)17(25)23-13(6-4-5-9-22)14(24)10-27-16-12(20)8-7-11(19)15(16)21/h13H,4-6,9-10,22H2,1-3H3,(H,23,25). The summed E-state index contributed by atoms with van der Waals surface area (Å²) in [6, 6.07) is 2.36. The molecular weight excluding hydrogens is 365 g/mol. The van der Waals surface area contributed by atoms with Gasteiger partial charge in [0.15, 0.2) is 5.78 Å². The topological polar surface area (TPSA) is 90.6 Å². The average molecular weight is 388 g/mol.